The molecule has 0 aliphatic heterocycles. The van der Waals surface area contributed by atoms with E-state index in [4.69, 9.17) is 0 Å². The van der Waals surface area contributed by atoms with Crippen LogP contribution in [0.25, 0.3) is 0 Å². The van der Waals surface area contributed by atoms with Crippen molar-refractivity contribution >= 4 is 58.5 Å². The fourth-order valence-electron chi connectivity index (χ4n) is 2.14. The van der Waals surface area contributed by atoms with Crippen LogP contribution in [0.1, 0.15) is 53.5 Å². The minimum Gasteiger partial charge on any atom is -0.357 e. The zero-order valence-electron chi connectivity index (χ0n) is 15.9. The van der Waals surface area contributed by atoms with Crippen LogP contribution < -0.4 is 16.0 Å². The van der Waals surface area contributed by atoms with Crippen LogP contribution >= 0.6 is 46.7 Å². The molecule has 1 amide bonds. The van der Waals surface area contributed by atoms with Gasteiger partial charge in [0, 0.05) is 25.0 Å². The normalized spacial score (nSPS) is 11.2. The van der Waals surface area contributed by atoms with Crippen LogP contribution in [0, 0.1) is 0 Å². The SMILES string of the molecule is CCNC(=NCc1nc(C(C)C)cs1)NCCCNC(=O)c1cccs1.I. The molecule has 0 atom stereocenters. The standard InChI is InChI=1S/C18H27N5OS2.HI/c1-4-19-18(22-11-16-23-14(12-26-16)13(2)3)21-9-6-8-20-17(24)15-7-5-10-25-15;/h5,7,10,12-13H,4,6,8-9,11H2,1-3H3,(H,20,24)(H2,19,21,22);1H. The molecule has 150 valence electrons. The van der Waals surface area contributed by atoms with Crippen LogP contribution in [0.15, 0.2) is 27.9 Å². The topological polar surface area (TPSA) is 78.4 Å². The van der Waals surface area contributed by atoms with Gasteiger partial charge in [-0.2, -0.15) is 0 Å². The Hall–Kier alpha value is -1.20. The van der Waals surface area contributed by atoms with Gasteiger partial charge in [0.2, 0.25) is 0 Å². The van der Waals surface area contributed by atoms with E-state index in [1.807, 2.05) is 24.4 Å². The second kappa shape index (κ2) is 13.1. The number of carbonyl (C=O) groups excluding carboxylic acids is 1. The third-order valence-electron chi connectivity index (χ3n) is 3.55. The van der Waals surface area contributed by atoms with Crippen molar-refractivity contribution in [1.82, 2.24) is 20.9 Å². The summed E-state index contributed by atoms with van der Waals surface area (Å²) in [5, 5.41) is 14.5. The Bertz CT molecular complexity index is 700. The number of amides is 1. The second-order valence-electron chi connectivity index (χ2n) is 6.03. The number of carbonyl (C=O) groups is 1. The summed E-state index contributed by atoms with van der Waals surface area (Å²) in [5.41, 5.74) is 1.12. The number of aliphatic imine (C=N–C) groups is 1. The van der Waals surface area contributed by atoms with Crippen molar-refractivity contribution < 1.29 is 4.79 Å². The molecule has 27 heavy (non-hydrogen) atoms. The van der Waals surface area contributed by atoms with Crippen molar-refractivity contribution in [1.29, 1.82) is 0 Å². The summed E-state index contributed by atoms with van der Waals surface area (Å²) in [6.07, 6.45) is 0.830. The summed E-state index contributed by atoms with van der Waals surface area (Å²) < 4.78 is 0. The number of hydrogen-bond acceptors (Lipinski definition) is 5. The molecule has 0 bridgehead atoms. The minimum absolute atomic E-state index is 0. The average molecular weight is 521 g/mol. The number of aromatic nitrogens is 1. The lowest BCUT2D eigenvalue weighted by Gasteiger charge is -2.11. The van der Waals surface area contributed by atoms with E-state index in [9.17, 15) is 4.79 Å². The van der Waals surface area contributed by atoms with E-state index < -0.39 is 0 Å². The maximum Gasteiger partial charge on any atom is 0.261 e. The number of guanidine groups is 1. The van der Waals surface area contributed by atoms with Crippen molar-refractivity contribution in [2.45, 2.75) is 39.7 Å². The molecule has 6 nitrogen and oxygen atoms in total. The molecule has 2 aromatic heterocycles. The number of halogens is 1. The molecule has 0 aliphatic rings. The van der Waals surface area contributed by atoms with Crippen molar-refractivity contribution in [2.24, 2.45) is 4.99 Å². The van der Waals surface area contributed by atoms with Gasteiger partial charge in [-0.25, -0.2) is 9.98 Å². The van der Waals surface area contributed by atoms with Crippen LogP contribution in [0.3, 0.4) is 0 Å². The monoisotopic (exact) mass is 521 g/mol. The Morgan fingerprint density at radius 1 is 1.22 bits per heavy atom. The third-order valence-corrected chi connectivity index (χ3v) is 5.27. The maximum atomic E-state index is 11.9. The van der Waals surface area contributed by atoms with Gasteiger partial charge in [-0.05, 0) is 30.7 Å². The summed E-state index contributed by atoms with van der Waals surface area (Å²) >= 11 is 3.10. The van der Waals surface area contributed by atoms with E-state index in [0.29, 0.717) is 19.0 Å². The van der Waals surface area contributed by atoms with Crippen LogP contribution in [-0.2, 0) is 6.54 Å². The molecular weight excluding hydrogens is 493 g/mol. The predicted octanol–water partition coefficient (Wildman–Crippen LogP) is 3.82. The maximum absolute atomic E-state index is 11.9. The Morgan fingerprint density at radius 2 is 2.00 bits per heavy atom. The van der Waals surface area contributed by atoms with E-state index in [0.717, 1.165) is 41.0 Å². The number of rotatable bonds is 9. The van der Waals surface area contributed by atoms with Crippen LogP contribution in [0.2, 0.25) is 0 Å². The lowest BCUT2D eigenvalue weighted by atomic mass is 10.2. The van der Waals surface area contributed by atoms with E-state index >= 15 is 0 Å². The summed E-state index contributed by atoms with van der Waals surface area (Å²) in [6, 6.07) is 3.71. The minimum atomic E-state index is -0.00898. The fraction of sp³-hybridized carbons (Fsp3) is 0.500. The van der Waals surface area contributed by atoms with Crippen molar-refractivity contribution in [3.05, 3.63) is 38.5 Å². The molecule has 0 fully saturated rings. The Morgan fingerprint density at radius 3 is 2.63 bits per heavy atom. The fourth-order valence-corrected chi connectivity index (χ4v) is 3.66. The first-order chi connectivity index (χ1) is 12.6. The highest BCUT2D eigenvalue weighted by molar-refractivity contribution is 14.0. The molecule has 3 N–H and O–H groups in total. The van der Waals surface area contributed by atoms with Crippen molar-refractivity contribution in [3.8, 4) is 0 Å². The molecule has 0 unspecified atom stereocenters. The number of nitrogens with one attached hydrogen (secondary N) is 3. The predicted molar refractivity (Wildman–Crippen MR) is 126 cm³/mol. The van der Waals surface area contributed by atoms with Gasteiger partial charge in [0.05, 0.1) is 17.1 Å². The Labute approximate surface area is 186 Å². The average Bonchev–Trinajstić information content (AvgIpc) is 3.30. The summed E-state index contributed by atoms with van der Waals surface area (Å²) in [4.78, 5) is 21.8. The largest absolute Gasteiger partial charge is 0.357 e. The molecule has 0 saturated heterocycles. The summed E-state index contributed by atoms with van der Waals surface area (Å²) in [5.74, 6) is 1.21. The van der Waals surface area contributed by atoms with E-state index in [1.54, 1.807) is 11.3 Å². The Balaban J connectivity index is 0.00000364. The smallest absolute Gasteiger partial charge is 0.261 e. The number of thiophene rings is 1. The summed E-state index contributed by atoms with van der Waals surface area (Å²) in [7, 11) is 0. The van der Waals surface area contributed by atoms with E-state index in [1.165, 1.54) is 11.3 Å². The lowest BCUT2D eigenvalue weighted by Crippen LogP contribution is -2.38. The van der Waals surface area contributed by atoms with Crippen LogP contribution in [0.5, 0.6) is 0 Å². The molecule has 0 aliphatic carbocycles. The van der Waals surface area contributed by atoms with Crippen molar-refractivity contribution in [2.75, 3.05) is 19.6 Å². The zero-order chi connectivity index (χ0) is 18.8. The van der Waals surface area contributed by atoms with Crippen molar-refractivity contribution in [3.63, 3.8) is 0 Å². The zero-order valence-corrected chi connectivity index (χ0v) is 19.9. The van der Waals surface area contributed by atoms with Gasteiger partial charge < -0.3 is 16.0 Å². The number of hydrogen-bond donors (Lipinski definition) is 3. The van der Waals surface area contributed by atoms with Gasteiger partial charge in [0.1, 0.15) is 5.01 Å². The molecule has 2 aromatic rings. The molecule has 0 radical (unpaired) electrons. The van der Waals surface area contributed by atoms with Crippen LogP contribution in [0.4, 0.5) is 0 Å². The highest BCUT2D eigenvalue weighted by Gasteiger charge is 2.06. The highest BCUT2D eigenvalue weighted by Crippen LogP contribution is 2.18. The van der Waals surface area contributed by atoms with E-state index in [2.05, 4.69) is 45.2 Å². The van der Waals surface area contributed by atoms with Gasteiger partial charge in [-0.1, -0.05) is 19.9 Å². The first-order valence-corrected chi connectivity index (χ1v) is 10.6. The first-order valence-electron chi connectivity index (χ1n) is 8.88. The Kier molecular flexibility index (Phi) is 11.5. The number of thiazole rings is 1. The molecule has 0 spiro atoms. The molecule has 2 heterocycles. The van der Waals surface area contributed by atoms with E-state index in [-0.39, 0.29) is 29.9 Å². The van der Waals surface area contributed by atoms with Gasteiger partial charge in [0.25, 0.3) is 5.91 Å². The lowest BCUT2D eigenvalue weighted by molar-refractivity contribution is 0.0957. The quantitative estimate of drug-likeness (QED) is 0.203. The first kappa shape index (κ1) is 23.8. The van der Waals surface area contributed by atoms with Gasteiger partial charge in [0.15, 0.2) is 5.96 Å². The molecule has 9 heteroatoms. The van der Waals surface area contributed by atoms with Gasteiger partial charge >= 0.3 is 0 Å². The van der Waals surface area contributed by atoms with Crippen LogP contribution in [-0.4, -0.2) is 36.5 Å². The third kappa shape index (κ3) is 8.56. The molecule has 0 saturated carbocycles. The molecule has 2 rings (SSSR count). The second-order valence-corrected chi connectivity index (χ2v) is 7.92. The highest BCUT2D eigenvalue weighted by atomic mass is 127. The van der Waals surface area contributed by atoms with Gasteiger partial charge in [-0.15, -0.1) is 46.7 Å². The molecule has 0 aromatic carbocycles. The molecular formula is C18H28IN5OS2. The number of nitrogens with zero attached hydrogens (tertiary/aromatic N) is 2. The summed E-state index contributed by atoms with van der Waals surface area (Å²) in [6.45, 7) is 9.07. The van der Waals surface area contributed by atoms with Gasteiger partial charge in [-0.3, -0.25) is 4.79 Å².